The summed E-state index contributed by atoms with van der Waals surface area (Å²) in [6, 6.07) is 5.32. The molecule has 0 radical (unpaired) electrons. The van der Waals surface area contributed by atoms with Crippen molar-refractivity contribution in [3.63, 3.8) is 0 Å². The fraction of sp³-hybridized carbons (Fsp3) is 0.429. The number of nitrogens with one attached hydrogen (secondary N) is 2. The van der Waals surface area contributed by atoms with Crippen LogP contribution in [0.4, 0.5) is 5.69 Å². The first-order chi connectivity index (χ1) is 9.26. The molecular formula is C14H19N3O2S. The number of fused-ring (bicyclic) bond motifs is 1. The van der Waals surface area contributed by atoms with Gasteiger partial charge in [0.1, 0.15) is 0 Å². The lowest BCUT2D eigenvalue weighted by molar-refractivity contribution is -0.115. The molecule has 2 amide bonds. The Bertz CT molecular complexity index is 552. The summed E-state index contributed by atoms with van der Waals surface area (Å²) in [5, 5.41) is 5.48. The fourth-order valence-electron chi connectivity index (χ4n) is 1.76. The zero-order valence-electron chi connectivity index (χ0n) is 11.8. The van der Waals surface area contributed by atoms with Gasteiger partial charge in [-0.25, -0.2) is 0 Å². The second-order valence-electron chi connectivity index (χ2n) is 5.63. The van der Waals surface area contributed by atoms with E-state index in [9.17, 15) is 9.59 Å². The number of carbonyl (C=O) groups excluding carboxylic acids is 2. The summed E-state index contributed by atoms with van der Waals surface area (Å²) in [5.41, 5.74) is 6.59. The van der Waals surface area contributed by atoms with Crippen molar-refractivity contribution in [3.8, 4) is 0 Å². The number of carbonyl (C=O) groups is 2. The van der Waals surface area contributed by atoms with Gasteiger partial charge in [0, 0.05) is 22.5 Å². The van der Waals surface area contributed by atoms with Crippen molar-refractivity contribution >= 4 is 29.3 Å². The number of rotatable bonds is 3. The lowest BCUT2D eigenvalue weighted by Crippen LogP contribution is -2.45. The van der Waals surface area contributed by atoms with Crippen molar-refractivity contribution in [2.75, 3.05) is 11.9 Å². The minimum Gasteiger partial charge on any atom is -0.350 e. The van der Waals surface area contributed by atoms with Crippen molar-refractivity contribution in [3.05, 3.63) is 23.8 Å². The highest BCUT2D eigenvalue weighted by Gasteiger charge is 2.24. The number of amides is 2. The van der Waals surface area contributed by atoms with E-state index in [1.54, 1.807) is 12.1 Å². The number of hydrogen-bond donors (Lipinski definition) is 3. The van der Waals surface area contributed by atoms with Crippen LogP contribution in [0.3, 0.4) is 0 Å². The van der Waals surface area contributed by atoms with Crippen LogP contribution in [-0.4, -0.2) is 29.1 Å². The van der Waals surface area contributed by atoms with Crippen molar-refractivity contribution in [1.29, 1.82) is 0 Å². The monoisotopic (exact) mass is 293 g/mol. The molecule has 108 valence electrons. The molecule has 1 aliphatic heterocycles. The average Bonchev–Trinajstić information content (AvgIpc) is 2.36. The molecular weight excluding hydrogens is 274 g/mol. The van der Waals surface area contributed by atoms with Crippen LogP contribution in [0.15, 0.2) is 23.1 Å². The first kappa shape index (κ1) is 14.9. The molecule has 1 aromatic carbocycles. The third-order valence-electron chi connectivity index (χ3n) is 2.88. The van der Waals surface area contributed by atoms with Crippen LogP contribution in [0.2, 0.25) is 0 Å². The maximum atomic E-state index is 12.0. The number of hydrogen-bond acceptors (Lipinski definition) is 4. The van der Waals surface area contributed by atoms with Crippen LogP contribution in [0.25, 0.3) is 0 Å². The lowest BCUT2D eigenvalue weighted by Gasteiger charge is -2.22. The zero-order chi connectivity index (χ0) is 14.9. The first-order valence-corrected chi connectivity index (χ1v) is 7.33. The highest BCUT2D eigenvalue weighted by Crippen LogP contribution is 2.35. The van der Waals surface area contributed by atoms with Gasteiger partial charge in [0.15, 0.2) is 0 Å². The van der Waals surface area contributed by atoms with Gasteiger partial charge in [-0.15, -0.1) is 11.8 Å². The van der Waals surface area contributed by atoms with Crippen LogP contribution in [0.1, 0.15) is 31.1 Å². The van der Waals surface area contributed by atoms with E-state index >= 15 is 0 Å². The lowest BCUT2D eigenvalue weighted by atomic mass is 10.1. The fourth-order valence-corrected chi connectivity index (χ4v) is 2.69. The molecule has 1 unspecified atom stereocenters. The van der Waals surface area contributed by atoms with E-state index in [0.717, 1.165) is 4.90 Å². The van der Waals surface area contributed by atoms with Gasteiger partial charge in [0.25, 0.3) is 5.91 Å². The normalized spacial score (nSPS) is 18.2. The molecule has 0 spiro atoms. The van der Waals surface area contributed by atoms with Crippen LogP contribution in [0, 0.1) is 0 Å². The van der Waals surface area contributed by atoms with E-state index in [-0.39, 0.29) is 17.1 Å². The maximum absolute atomic E-state index is 12.0. The molecule has 0 saturated heterocycles. The van der Waals surface area contributed by atoms with E-state index in [4.69, 9.17) is 5.73 Å². The highest BCUT2D eigenvalue weighted by molar-refractivity contribution is 8.00. The quantitative estimate of drug-likeness (QED) is 0.790. The van der Waals surface area contributed by atoms with Crippen molar-refractivity contribution < 1.29 is 9.59 Å². The third kappa shape index (κ3) is 3.52. The molecule has 1 aliphatic rings. The summed E-state index contributed by atoms with van der Waals surface area (Å²) in [6.45, 7) is 5.94. The van der Waals surface area contributed by atoms with Crippen LogP contribution in [-0.2, 0) is 4.79 Å². The Morgan fingerprint density at radius 1 is 1.50 bits per heavy atom. The Hall–Kier alpha value is -1.53. The average molecular weight is 293 g/mol. The van der Waals surface area contributed by atoms with E-state index in [0.29, 0.717) is 17.8 Å². The smallest absolute Gasteiger partial charge is 0.251 e. The standard InChI is InChI=1S/C14H19N3O2S/c1-8-12(18)17-10-6-9(4-5-11(10)20-8)13(19)16-7-14(2,3)15/h4-6,8H,7,15H2,1-3H3,(H,16,19)(H,17,18). The SMILES string of the molecule is CC1Sc2ccc(C(=O)NCC(C)(C)N)cc2NC1=O. The van der Waals surface area contributed by atoms with Gasteiger partial charge in [-0.1, -0.05) is 0 Å². The number of nitrogens with two attached hydrogens (primary N) is 1. The Labute approximate surface area is 122 Å². The van der Waals surface area contributed by atoms with Crippen LogP contribution < -0.4 is 16.4 Å². The summed E-state index contributed by atoms with van der Waals surface area (Å²) in [5.74, 6) is -0.229. The van der Waals surface area contributed by atoms with Crippen molar-refractivity contribution in [2.24, 2.45) is 5.73 Å². The molecule has 1 aromatic rings. The third-order valence-corrected chi connectivity index (χ3v) is 4.05. The Balaban J connectivity index is 2.13. The minimum atomic E-state index is -0.455. The topological polar surface area (TPSA) is 84.2 Å². The van der Waals surface area contributed by atoms with Gasteiger partial charge < -0.3 is 16.4 Å². The number of anilines is 1. The molecule has 0 bridgehead atoms. The van der Waals surface area contributed by atoms with Gasteiger partial charge in [0.05, 0.1) is 10.9 Å². The predicted molar refractivity (Wildman–Crippen MR) is 81.0 cm³/mol. The Kier molecular flexibility index (Phi) is 4.06. The molecule has 2 rings (SSSR count). The van der Waals surface area contributed by atoms with Crippen LogP contribution >= 0.6 is 11.8 Å². The van der Waals surface area contributed by atoms with E-state index in [1.165, 1.54) is 11.8 Å². The highest BCUT2D eigenvalue weighted by atomic mass is 32.2. The van der Waals surface area contributed by atoms with Crippen molar-refractivity contribution in [2.45, 2.75) is 36.5 Å². The summed E-state index contributed by atoms with van der Waals surface area (Å²) >= 11 is 1.49. The molecule has 5 nitrogen and oxygen atoms in total. The molecule has 0 aliphatic carbocycles. The Morgan fingerprint density at radius 3 is 2.85 bits per heavy atom. The number of thioether (sulfide) groups is 1. The van der Waals surface area contributed by atoms with E-state index in [2.05, 4.69) is 10.6 Å². The van der Waals surface area contributed by atoms with Gasteiger partial charge in [-0.05, 0) is 39.0 Å². The molecule has 4 N–H and O–H groups in total. The van der Waals surface area contributed by atoms with Gasteiger partial charge in [-0.2, -0.15) is 0 Å². The first-order valence-electron chi connectivity index (χ1n) is 6.45. The van der Waals surface area contributed by atoms with Crippen LogP contribution in [0.5, 0.6) is 0 Å². The second kappa shape index (κ2) is 5.46. The van der Waals surface area contributed by atoms with Gasteiger partial charge in [0.2, 0.25) is 5.91 Å². The molecule has 6 heteroatoms. The maximum Gasteiger partial charge on any atom is 0.251 e. The largest absolute Gasteiger partial charge is 0.350 e. The summed E-state index contributed by atoms with van der Waals surface area (Å²) < 4.78 is 0. The number of benzene rings is 1. The summed E-state index contributed by atoms with van der Waals surface area (Å²) in [6.07, 6.45) is 0. The predicted octanol–water partition coefficient (Wildman–Crippen LogP) is 1.59. The minimum absolute atomic E-state index is 0.0388. The molecule has 0 aromatic heterocycles. The molecule has 1 atom stereocenters. The van der Waals surface area contributed by atoms with Crippen molar-refractivity contribution in [1.82, 2.24) is 5.32 Å². The summed E-state index contributed by atoms with van der Waals surface area (Å²) in [4.78, 5) is 24.7. The molecule has 1 heterocycles. The van der Waals surface area contributed by atoms with Gasteiger partial charge in [-0.3, -0.25) is 9.59 Å². The Morgan fingerprint density at radius 2 is 2.20 bits per heavy atom. The summed E-state index contributed by atoms with van der Waals surface area (Å²) in [7, 11) is 0. The van der Waals surface area contributed by atoms with Gasteiger partial charge >= 0.3 is 0 Å². The molecule has 0 saturated carbocycles. The zero-order valence-corrected chi connectivity index (χ0v) is 12.6. The molecule has 0 fully saturated rings. The van der Waals surface area contributed by atoms with E-state index in [1.807, 2.05) is 26.8 Å². The molecule has 20 heavy (non-hydrogen) atoms. The second-order valence-corrected chi connectivity index (χ2v) is 7.01. The van der Waals surface area contributed by atoms with E-state index < -0.39 is 5.54 Å².